The molecule has 0 aromatic heterocycles. The van der Waals surface area contributed by atoms with Crippen LogP contribution in [-0.4, -0.2) is 57.0 Å². The van der Waals surface area contributed by atoms with Crippen molar-refractivity contribution in [2.45, 2.75) is 19.9 Å². The molecule has 1 aliphatic rings. The summed E-state index contributed by atoms with van der Waals surface area (Å²) in [6.45, 7) is 8.14. The molecular weight excluding hydrogens is 360 g/mol. The largest absolute Gasteiger partial charge is 0.493 e. The molecule has 5 nitrogen and oxygen atoms in total. The van der Waals surface area contributed by atoms with Gasteiger partial charge in [-0.25, -0.2) is 0 Å². The van der Waals surface area contributed by atoms with Crippen LogP contribution in [-0.2, 0) is 0 Å². The Labute approximate surface area is 147 Å². The number of nitrogens with zero attached hydrogens (tertiary/aromatic N) is 1. The van der Waals surface area contributed by atoms with Crippen LogP contribution in [0.15, 0.2) is 16.6 Å². The standard InChI is InChI=1S/C17H27BrN2O3/c1-17(2,11-21)16(20-7-5-19-6-8-20)12-9-14(22-3)15(23-4)10-13(12)18/h9-10,16,19,21H,5-8,11H2,1-4H3/t16-/m1/s1. The van der Waals surface area contributed by atoms with E-state index in [0.29, 0.717) is 11.5 Å². The molecule has 1 fully saturated rings. The normalized spacial score (nSPS) is 17.8. The molecule has 0 spiro atoms. The molecule has 0 bridgehead atoms. The van der Waals surface area contributed by atoms with Crippen molar-refractivity contribution in [2.24, 2.45) is 5.41 Å². The Hall–Kier alpha value is -0.820. The second kappa shape index (κ2) is 7.83. The van der Waals surface area contributed by atoms with Gasteiger partial charge in [-0.3, -0.25) is 4.90 Å². The fourth-order valence-corrected chi connectivity index (χ4v) is 3.76. The molecule has 1 saturated heterocycles. The van der Waals surface area contributed by atoms with Crippen molar-refractivity contribution >= 4 is 15.9 Å². The number of hydrogen-bond acceptors (Lipinski definition) is 5. The molecule has 1 atom stereocenters. The van der Waals surface area contributed by atoms with Gasteiger partial charge in [-0.1, -0.05) is 29.8 Å². The Bertz CT molecular complexity index is 531. The minimum Gasteiger partial charge on any atom is -0.493 e. The number of benzene rings is 1. The molecule has 0 amide bonds. The van der Waals surface area contributed by atoms with Crippen molar-refractivity contribution in [3.05, 3.63) is 22.2 Å². The van der Waals surface area contributed by atoms with E-state index in [1.54, 1.807) is 14.2 Å². The summed E-state index contributed by atoms with van der Waals surface area (Å²) in [6, 6.07) is 4.05. The smallest absolute Gasteiger partial charge is 0.161 e. The topological polar surface area (TPSA) is 54.0 Å². The molecule has 2 rings (SSSR count). The van der Waals surface area contributed by atoms with Gasteiger partial charge in [0.25, 0.3) is 0 Å². The molecule has 2 N–H and O–H groups in total. The van der Waals surface area contributed by atoms with E-state index in [1.165, 1.54) is 0 Å². The van der Waals surface area contributed by atoms with Crippen molar-refractivity contribution in [3.63, 3.8) is 0 Å². The van der Waals surface area contributed by atoms with E-state index < -0.39 is 0 Å². The Kier molecular flexibility index (Phi) is 6.31. The van der Waals surface area contributed by atoms with Crippen LogP contribution in [0, 0.1) is 5.41 Å². The molecule has 0 radical (unpaired) electrons. The Morgan fingerprint density at radius 3 is 2.30 bits per heavy atom. The predicted molar refractivity (Wildman–Crippen MR) is 95.3 cm³/mol. The van der Waals surface area contributed by atoms with Crippen LogP contribution in [0.4, 0.5) is 0 Å². The lowest BCUT2D eigenvalue weighted by molar-refractivity contribution is 0.0300. The first-order valence-corrected chi connectivity index (χ1v) is 8.71. The summed E-state index contributed by atoms with van der Waals surface area (Å²) in [4.78, 5) is 2.43. The number of aliphatic hydroxyl groups excluding tert-OH is 1. The molecule has 1 aromatic rings. The van der Waals surface area contributed by atoms with Gasteiger partial charge in [0.1, 0.15) is 0 Å². The number of methoxy groups -OCH3 is 2. The van der Waals surface area contributed by atoms with Crippen molar-refractivity contribution in [3.8, 4) is 11.5 Å². The third kappa shape index (κ3) is 3.99. The molecule has 130 valence electrons. The van der Waals surface area contributed by atoms with Crippen LogP contribution in [0.2, 0.25) is 0 Å². The quantitative estimate of drug-likeness (QED) is 0.786. The van der Waals surface area contributed by atoms with Gasteiger partial charge >= 0.3 is 0 Å². The summed E-state index contributed by atoms with van der Waals surface area (Å²) in [6.07, 6.45) is 0. The van der Waals surface area contributed by atoms with E-state index in [9.17, 15) is 5.11 Å². The third-order valence-corrected chi connectivity index (χ3v) is 5.15. The average Bonchev–Trinajstić information content (AvgIpc) is 2.57. The maximum Gasteiger partial charge on any atom is 0.161 e. The first kappa shape index (κ1) is 18.5. The van der Waals surface area contributed by atoms with E-state index in [2.05, 4.69) is 40.0 Å². The monoisotopic (exact) mass is 386 g/mol. The number of halogens is 1. The molecule has 1 aliphatic heterocycles. The lowest BCUT2D eigenvalue weighted by Gasteiger charge is -2.44. The average molecular weight is 387 g/mol. The van der Waals surface area contributed by atoms with Gasteiger partial charge < -0.3 is 19.9 Å². The van der Waals surface area contributed by atoms with Gasteiger partial charge in [0.15, 0.2) is 11.5 Å². The van der Waals surface area contributed by atoms with Crippen molar-refractivity contribution in [2.75, 3.05) is 47.0 Å². The Morgan fingerprint density at radius 2 is 1.78 bits per heavy atom. The van der Waals surface area contributed by atoms with Gasteiger partial charge in [0, 0.05) is 48.7 Å². The summed E-state index contributed by atoms with van der Waals surface area (Å²) >= 11 is 3.68. The second-order valence-corrected chi connectivity index (χ2v) is 7.42. The minimum absolute atomic E-state index is 0.0868. The van der Waals surface area contributed by atoms with E-state index >= 15 is 0 Å². The molecule has 0 aliphatic carbocycles. The summed E-state index contributed by atoms with van der Waals surface area (Å²) in [5.41, 5.74) is 0.836. The minimum atomic E-state index is -0.278. The van der Waals surface area contributed by atoms with Crippen LogP contribution >= 0.6 is 15.9 Å². The molecule has 0 unspecified atom stereocenters. The molecule has 1 aromatic carbocycles. The van der Waals surface area contributed by atoms with Crippen molar-refractivity contribution in [1.29, 1.82) is 0 Å². The maximum atomic E-state index is 9.96. The fourth-order valence-electron chi connectivity index (χ4n) is 3.22. The van der Waals surface area contributed by atoms with Crippen LogP contribution in [0.5, 0.6) is 11.5 Å². The van der Waals surface area contributed by atoms with Gasteiger partial charge in [0.05, 0.1) is 14.2 Å². The molecule has 1 heterocycles. The van der Waals surface area contributed by atoms with Crippen LogP contribution in [0.3, 0.4) is 0 Å². The van der Waals surface area contributed by atoms with Gasteiger partial charge in [-0.15, -0.1) is 0 Å². The van der Waals surface area contributed by atoms with Gasteiger partial charge in [0.2, 0.25) is 0 Å². The SMILES string of the molecule is COc1cc(Br)c([C@@H](N2CCNCC2)C(C)(C)CO)cc1OC. The van der Waals surface area contributed by atoms with Crippen molar-refractivity contribution < 1.29 is 14.6 Å². The van der Waals surface area contributed by atoms with Crippen molar-refractivity contribution in [1.82, 2.24) is 10.2 Å². The predicted octanol–water partition coefficient (Wildman–Crippen LogP) is 2.43. The summed E-state index contributed by atoms with van der Waals surface area (Å²) < 4.78 is 11.8. The number of piperazine rings is 1. The zero-order valence-corrected chi connectivity index (χ0v) is 15.9. The fraction of sp³-hybridized carbons (Fsp3) is 0.647. The molecule has 6 heteroatoms. The van der Waals surface area contributed by atoms with E-state index in [4.69, 9.17) is 9.47 Å². The van der Waals surface area contributed by atoms with Crippen LogP contribution in [0.25, 0.3) is 0 Å². The van der Waals surface area contributed by atoms with Gasteiger partial charge in [-0.2, -0.15) is 0 Å². The number of rotatable bonds is 6. The highest BCUT2D eigenvalue weighted by atomic mass is 79.9. The molecular formula is C17H27BrN2O3. The number of nitrogens with one attached hydrogen (secondary N) is 1. The second-order valence-electron chi connectivity index (χ2n) is 6.56. The highest BCUT2D eigenvalue weighted by Crippen LogP contribution is 2.44. The van der Waals surface area contributed by atoms with Gasteiger partial charge in [-0.05, 0) is 17.7 Å². The van der Waals surface area contributed by atoms with E-state index in [0.717, 1.165) is 36.2 Å². The first-order valence-electron chi connectivity index (χ1n) is 7.91. The lowest BCUT2D eigenvalue weighted by atomic mass is 9.79. The number of aliphatic hydroxyl groups is 1. The van der Waals surface area contributed by atoms with E-state index in [1.807, 2.05) is 12.1 Å². The zero-order chi connectivity index (χ0) is 17.0. The lowest BCUT2D eigenvalue weighted by Crippen LogP contribution is -2.49. The summed E-state index contributed by atoms with van der Waals surface area (Å²) in [5.74, 6) is 1.41. The summed E-state index contributed by atoms with van der Waals surface area (Å²) in [5, 5.41) is 13.3. The zero-order valence-electron chi connectivity index (χ0n) is 14.4. The number of ether oxygens (including phenoxy) is 2. The number of hydrogen-bond donors (Lipinski definition) is 2. The Morgan fingerprint density at radius 1 is 1.22 bits per heavy atom. The first-order chi connectivity index (χ1) is 10.9. The van der Waals surface area contributed by atoms with E-state index in [-0.39, 0.29) is 18.1 Å². The summed E-state index contributed by atoms with van der Waals surface area (Å²) in [7, 11) is 3.28. The van der Waals surface area contributed by atoms with Crippen LogP contribution in [0.1, 0.15) is 25.5 Å². The molecule has 0 saturated carbocycles. The van der Waals surface area contributed by atoms with Crippen LogP contribution < -0.4 is 14.8 Å². The molecule has 23 heavy (non-hydrogen) atoms. The Balaban J connectivity index is 2.50. The third-order valence-electron chi connectivity index (χ3n) is 4.46. The maximum absolute atomic E-state index is 9.96. The highest BCUT2D eigenvalue weighted by Gasteiger charge is 2.37. The highest BCUT2D eigenvalue weighted by molar-refractivity contribution is 9.10.